The minimum Gasteiger partial charge on any atom is -0.490 e. The summed E-state index contributed by atoms with van der Waals surface area (Å²) >= 11 is 7.48. The van der Waals surface area contributed by atoms with Crippen molar-refractivity contribution in [2.75, 3.05) is 13.7 Å². The highest BCUT2D eigenvalue weighted by molar-refractivity contribution is 9.11. The van der Waals surface area contributed by atoms with Gasteiger partial charge in [0.1, 0.15) is 6.61 Å². The number of fused-ring (bicyclic) bond motifs is 2. The molecule has 0 fully saturated rings. The fourth-order valence-corrected chi connectivity index (χ4v) is 6.65. The monoisotopic (exact) mass is 645 g/mol. The van der Waals surface area contributed by atoms with E-state index in [2.05, 4.69) is 31.9 Å². The third-order valence-electron chi connectivity index (χ3n) is 7.10. The molecular weight excluding hydrogens is 621 g/mol. The van der Waals surface area contributed by atoms with E-state index in [4.69, 9.17) is 14.2 Å². The molecule has 0 spiro atoms. The topological polar surface area (TPSA) is 65.1 Å². The number of carbonyl (C=O) groups excluding carboxylic acids is 2. The largest absolute Gasteiger partial charge is 0.490 e. The van der Waals surface area contributed by atoms with Crippen LogP contribution in [0.25, 0.3) is 11.1 Å². The zero-order valence-corrected chi connectivity index (χ0v) is 24.2. The van der Waals surface area contributed by atoms with Gasteiger partial charge in [0.25, 0.3) is 0 Å². The van der Waals surface area contributed by atoms with E-state index in [-0.39, 0.29) is 13.0 Å². The first-order valence-corrected chi connectivity index (χ1v) is 13.9. The quantitative estimate of drug-likeness (QED) is 0.279. The van der Waals surface area contributed by atoms with Crippen molar-refractivity contribution in [1.82, 2.24) is 4.90 Å². The van der Waals surface area contributed by atoms with Crippen LogP contribution in [0.2, 0.25) is 0 Å². The van der Waals surface area contributed by atoms with Crippen molar-refractivity contribution in [3.63, 3.8) is 0 Å². The molecule has 0 radical (unpaired) electrons. The van der Waals surface area contributed by atoms with Crippen LogP contribution in [0, 0.1) is 12.7 Å². The summed E-state index contributed by atoms with van der Waals surface area (Å²) in [5, 5.41) is 0. The van der Waals surface area contributed by atoms with Gasteiger partial charge in [-0.05, 0) is 75.1 Å². The van der Waals surface area contributed by atoms with Gasteiger partial charge in [0.05, 0.1) is 33.2 Å². The molecule has 3 aromatic rings. The number of carbonyl (C=O) groups is 2. The van der Waals surface area contributed by atoms with Crippen LogP contribution >= 0.6 is 31.9 Å². The molecule has 0 atom stereocenters. The summed E-state index contributed by atoms with van der Waals surface area (Å²) in [7, 11) is 1.34. The van der Waals surface area contributed by atoms with Crippen LogP contribution in [0.5, 0.6) is 5.75 Å². The zero-order valence-electron chi connectivity index (χ0n) is 21.0. The van der Waals surface area contributed by atoms with Crippen LogP contribution in [0.4, 0.5) is 9.18 Å². The third kappa shape index (κ3) is 4.94. The van der Waals surface area contributed by atoms with Crippen molar-refractivity contribution >= 4 is 43.9 Å². The van der Waals surface area contributed by atoms with Gasteiger partial charge in [-0.2, -0.15) is 0 Å². The van der Waals surface area contributed by atoms with Crippen LogP contribution in [0.3, 0.4) is 0 Å². The Balaban J connectivity index is 1.56. The van der Waals surface area contributed by atoms with Crippen molar-refractivity contribution in [3.8, 4) is 16.9 Å². The van der Waals surface area contributed by atoms with Gasteiger partial charge in [-0.15, -0.1) is 0 Å². The number of benzene rings is 3. The molecule has 0 saturated heterocycles. The Kier molecular flexibility index (Phi) is 7.77. The standard InChI is InChI=1S/C29H26Br2FNO5/c1-16-18-9-6-10-37-28(18)23(32)11-19(16)25-20(12-24(34)36-2)26(30)21-13-33(14-22(21)27(25)31)29(35)38-15-17-7-4-3-5-8-17/h3-5,7-8,11H,6,9-10,12-15H2,1-2H3. The highest BCUT2D eigenvalue weighted by atomic mass is 79.9. The maximum absolute atomic E-state index is 15.2. The number of esters is 1. The number of hydrogen-bond acceptors (Lipinski definition) is 5. The van der Waals surface area contributed by atoms with Crippen molar-refractivity contribution in [2.45, 2.75) is 45.9 Å². The SMILES string of the molecule is COC(=O)Cc1c(Br)c2c(c(Br)c1-c1cc(F)c3c(c1C)CCCO3)CN(C(=O)OCc1ccccc1)C2. The first-order chi connectivity index (χ1) is 18.3. The minimum absolute atomic E-state index is 0.0224. The fourth-order valence-electron chi connectivity index (χ4n) is 5.13. The Morgan fingerprint density at radius 1 is 1.08 bits per heavy atom. The van der Waals surface area contributed by atoms with Gasteiger partial charge in [0.15, 0.2) is 11.6 Å². The Hall–Kier alpha value is -2.91. The molecule has 0 N–H and O–H groups in total. The summed E-state index contributed by atoms with van der Waals surface area (Å²) in [4.78, 5) is 27.1. The Labute approximate surface area is 237 Å². The third-order valence-corrected chi connectivity index (χ3v) is 8.93. The molecule has 1 amide bonds. The number of methoxy groups -OCH3 is 1. The molecular formula is C29H26Br2FNO5. The molecule has 0 bridgehead atoms. The summed E-state index contributed by atoms with van der Waals surface area (Å²) < 4.78 is 32.8. The molecule has 2 aliphatic rings. The number of hydrogen-bond donors (Lipinski definition) is 0. The molecule has 198 valence electrons. The maximum atomic E-state index is 15.2. The minimum atomic E-state index is -0.437. The Morgan fingerprint density at radius 2 is 1.79 bits per heavy atom. The van der Waals surface area contributed by atoms with E-state index in [1.165, 1.54) is 13.2 Å². The van der Waals surface area contributed by atoms with E-state index >= 15 is 4.39 Å². The summed E-state index contributed by atoms with van der Waals surface area (Å²) in [6.45, 7) is 3.22. The second-order valence-corrected chi connectivity index (χ2v) is 11.0. The summed E-state index contributed by atoms with van der Waals surface area (Å²) in [5.74, 6) is -0.551. The molecule has 5 rings (SSSR count). The smallest absolute Gasteiger partial charge is 0.410 e. The first kappa shape index (κ1) is 26.7. The van der Waals surface area contributed by atoms with Gasteiger partial charge in [-0.1, -0.05) is 46.3 Å². The lowest BCUT2D eigenvalue weighted by atomic mass is 9.87. The van der Waals surface area contributed by atoms with E-state index in [0.29, 0.717) is 57.5 Å². The van der Waals surface area contributed by atoms with Gasteiger partial charge in [-0.25, -0.2) is 9.18 Å². The Morgan fingerprint density at radius 3 is 2.50 bits per heavy atom. The van der Waals surface area contributed by atoms with E-state index in [1.54, 1.807) is 4.90 Å². The Bertz CT molecular complexity index is 1430. The number of nitrogens with zero attached hydrogens (tertiary/aromatic N) is 1. The molecule has 9 heteroatoms. The zero-order chi connectivity index (χ0) is 27.0. The van der Waals surface area contributed by atoms with Crippen LogP contribution in [0.15, 0.2) is 45.3 Å². The van der Waals surface area contributed by atoms with Gasteiger partial charge >= 0.3 is 12.1 Å². The first-order valence-electron chi connectivity index (χ1n) is 12.3. The molecule has 0 saturated carbocycles. The second kappa shape index (κ2) is 11.1. The van der Waals surface area contributed by atoms with Crippen LogP contribution in [-0.2, 0) is 46.8 Å². The van der Waals surface area contributed by atoms with Gasteiger partial charge < -0.3 is 14.2 Å². The van der Waals surface area contributed by atoms with Crippen molar-refractivity contribution < 1.29 is 28.2 Å². The second-order valence-electron chi connectivity index (χ2n) is 9.38. The lowest BCUT2D eigenvalue weighted by molar-refractivity contribution is -0.139. The van der Waals surface area contributed by atoms with E-state index < -0.39 is 17.9 Å². The van der Waals surface area contributed by atoms with Gasteiger partial charge in [-0.3, -0.25) is 9.69 Å². The number of rotatable bonds is 5. The van der Waals surface area contributed by atoms with Gasteiger partial charge in [0, 0.05) is 20.1 Å². The lowest BCUT2D eigenvalue weighted by Gasteiger charge is -2.24. The van der Waals surface area contributed by atoms with Crippen molar-refractivity contribution in [1.29, 1.82) is 0 Å². The summed E-state index contributed by atoms with van der Waals surface area (Å²) in [5.41, 5.74) is 6.43. The number of ether oxygens (including phenoxy) is 3. The molecule has 2 heterocycles. The average Bonchev–Trinajstić information content (AvgIpc) is 3.40. The number of halogens is 3. The van der Waals surface area contributed by atoms with Crippen LogP contribution < -0.4 is 4.74 Å². The molecule has 38 heavy (non-hydrogen) atoms. The normalized spacial score (nSPS) is 14.0. The highest BCUT2D eigenvalue weighted by Crippen LogP contribution is 2.48. The summed E-state index contributed by atoms with van der Waals surface area (Å²) in [6.07, 6.45) is 1.06. The fraction of sp³-hybridized carbons (Fsp3) is 0.310. The predicted octanol–water partition coefficient (Wildman–Crippen LogP) is 7.02. The van der Waals surface area contributed by atoms with E-state index in [0.717, 1.165) is 34.2 Å². The summed E-state index contributed by atoms with van der Waals surface area (Å²) in [6, 6.07) is 11.0. The van der Waals surface area contributed by atoms with Gasteiger partial charge in [0.2, 0.25) is 0 Å². The molecule has 3 aromatic carbocycles. The van der Waals surface area contributed by atoms with Crippen molar-refractivity contribution in [2.24, 2.45) is 0 Å². The number of amides is 1. The average molecular weight is 647 g/mol. The van der Waals surface area contributed by atoms with E-state index in [9.17, 15) is 9.59 Å². The lowest BCUT2D eigenvalue weighted by Crippen LogP contribution is -2.26. The van der Waals surface area contributed by atoms with Crippen LogP contribution in [0.1, 0.15) is 39.8 Å². The van der Waals surface area contributed by atoms with Crippen LogP contribution in [-0.4, -0.2) is 30.7 Å². The molecule has 0 aromatic heterocycles. The molecule has 6 nitrogen and oxygen atoms in total. The molecule has 2 aliphatic heterocycles. The van der Waals surface area contributed by atoms with E-state index in [1.807, 2.05) is 37.3 Å². The predicted molar refractivity (Wildman–Crippen MR) is 147 cm³/mol. The molecule has 0 aliphatic carbocycles. The highest BCUT2D eigenvalue weighted by Gasteiger charge is 2.34. The van der Waals surface area contributed by atoms with Crippen molar-refractivity contribution in [3.05, 3.63) is 84.5 Å². The molecule has 0 unspecified atom stereocenters. The maximum Gasteiger partial charge on any atom is 0.410 e.